The highest BCUT2D eigenvalue weighted by Crippen LogP contribution is 2.33. The zero-order chi connectivity index (χ0) is 13.7. The van der Waals surface area contributed by atoms with Gasteiger partial charge in [-0.3, -0.25) is 0 Å². The van der Waals surface area contributed by atoms with E-state index in [1.165, 1.54) is 6.07 Å². The van der Waals surface area contributed by atoms with Gasteiger partial charge in [0.05, 0.1) is 0 Å². The van der Waals surface area contributed by atoms with Crippen LogP contribution < -0.4 is 0 Å². The molecule has 0 spiro atoms. The van der Waals surface area contributed by atoms with E-state index in [1.807, 2.05) is 12.1 Å². The second kappa shape index (κ2) is 6.82. The molecule has 2 nitrogen and oxygen atoms in total. The summed E-state index contributed by atoms with van der Waals surface area (Å²) >= 11 is 3.64. The van der Waals surface area contributed by atoms with Gasteiger partial charge in [-0.1, -0.05) is 34.1 Å². The largest absolute Gasteiger partial charge is 0.381 e. The van der Waals surface area contributed by atoms with Gasteiger partial charge in [0.1, 0.15) is 5.82 Å². The van der Waals surface area contributed by atoms with E-state index in [4.69, 9.17) is 4.74 Å². The fourth-order valence-corrected chi connectivity index (χ4v) is 3.42. The number of nitrogens with zero attached hydrogens (tertiary/aromatic N) is 1. The Labute approximate surface area is 123 Å². The van der Waals surface area contributed by atoms with Gasteiger partial charge in [-0.2, -0.15) is 0 Å². The summed E-state index contributed by atoms with van der Waals surface area (Å²) in [6.07, 6.45) is 2.14. The third-order valence-corrected chi connectivity index (χ3v) is 5.03. The Morgan fingerprint density at radius 2 is 2.00 bits per heavy atom. The Morgan fingerprint density at radius 3 is 2.63 bits per heavy atom. The first kappa shape index (κ1) is 14.9. The molecule has 0 aromatic heterocycles. The molecular formula is C15H21BrFNO. The second-order valence-corrected chi connectivity index (χ2v) is 6.07. The molecule has 4 heteroatoms. The third-order valence-electron chi connectivity index (χ3n) is 3.84. The van der Waals surface area contributed by atoms with Gasteiger partial charge in [-0.15, -0.1) is 0 Å². The molecule has 0 aliphatic carbocycles. The molecule has 0 radical (unpaired) electrons. The average Bonchev–Trinajstić information content (AvgIpc) is 2.42. The summed E-state index contributed by atoms with van der Waals surface area (Å²) in [4.78, 5) is 2.21. The van der Waals surface area contributed by atoms with E-state index >= 15 is 0 Å². The number of alkyl halides is 1. The van der Waals surface area contributed by atoms with Gasteiger partial charge in [-0.05, 0) is 31.4 Å². The molecule has 1 aromatic rings. The van der Waals surface area contributed by atoms with Crippen molar-refractivity contribution in [1.29, 1.82) is 0 Å². The third kappa shape index (κ3) is 4.01. The van der Waals surface area contributed by atoms with Crippen LogP contribution in [0, 0.1) is 11.2 Å². The Morgan fingerprint density at radius 1 is 1.32 bits per heavy atom. The number of hydrogen-bond donors (Lipinski definition) is 0. The van der Waals surface area contributed by atoms with Crippen LogP contribution >= 0.6 is 15.9 Å². The lowest BCUT2D eigenvalue weighted by Crippen LogP contribution is -2.41. The summed E-state index contributed by atoms with van der Waals surface area (Å²) in [5, 5.41) is 0.977. The van der Waals surface area contributed by atoms with Crippen LogP contribution in [0.25, 0.3) is 0 Å². The van der Waals surface area contributed by atoms with Gasteiger partial charge in [-0.25, -0.2) is 4.39 Å². The topological polar surface area (TPSA) is 12.5 Å². The van der Waals surface area contributed by atoms with Crippen molar-refractivity contribution in [1.82, 2.24) is 4.90 Å². The summed E-state index contributed by atoms with van der Waals surface area (Å²) < 4.78 is 19.1. The van der Waals surface area contributed by atoms with E-state index < -0.39 is 0 Å². The fraction of sp³-hybridized carbons (Fsp3) is 0.600. The number of halogens is 2. The molecule has 1 heterocycles. The lowest BCUT2D eigenvalue weighted by molar-refractivity contribution is 0.0108. The van der Waals surface area contributed by atoms with Gasteiger partial charge in [0.2, 0.25) is 0 Å². The number of benzene rings is 1. The van der Waals surface area contributed by atoms with Crippen molar-refractivity contribution in [3.8, 4) is 0 Å². The van der Waals surface area contributed by atoms with Crippen LogP contribution in [0.5, 0.6) is 0 Å². The molecule has 0 saturated carbocycles. The molecule has 0 N–H and O–H groups in total. The standard InChI is InChI=1S/C15H21BrFNO/c1-18(10-13-4-2-3-5-14(13)17)12-15(11-16)6-8-19-9-7-15/h2-5H,6-12H2,1H3. The summed E-state index contributed by atoms with van der Waals surface area (Å²) in [7, 11) is 2.06. The monoisotopic (exact) mass is 329 g/mol. The Hall–Kier alpha value is -0.450. The number of rotatable bonds is 5. The predicted octanol–water partition coefficient (Wildman–Crippen LogP) is 3.45. The summed E-state index contributed by atoms with van der Waals surface area (Å²) in [5.74, 6) is -0.116. The van der Waals surface area contributed by atoms with Crippen LogP contribution in [0.3, 0.4) is 0 Å². The molecule has 0 bridgehead atoms. The smallest absolute Gasteiger partial charge is 0.127 e. The molecule has 106 valence electrons. The highest BCUT2D eigenvalue weighted by Gasteiger charge is 2.32. The van der Waals surface area contributed by atoms with Crippen LogP contribution in [0.2, 0.25) is 0 Å². The van der Waals surface area contributed by atoms with Crippen molar-refractivity contribution < 1.29 is 9.13 Å². The zero-order valence-electron chi connectivity index (χ0n) is 11.4. The predicted molar refractivity (Wildman–Crippen MR) is 79.0 cm³/mol. The Bertz CT molecular complexity index is 407. The maximum absolute atomic E-state index is 13.6. The van der Waals surface area contributed by atoms with E-state index in [-0.39, 0.29) is 11.2 Å². The van der Waals surface area contributed by atoms with Crippen molar-refractivity contribution in [3.05, 3.63) is 35.6 Å². The molecule has 1 aliphatic heterocycles. The van der Waals surface area contributed by atoms with Crippen molar-refractivity contribution in [2.24, 2.45) is 5.41 Å². The van der Waals surface area contributed by atoms with Crippen LogP contribution in [0.15, 0.2) is 24.3 Å². The van der Waals surface area contributed by atoms with Gasteiger partial charge >= 0.3 is 0 Å². The van der Waals surface area contributed by atoms with E-state index in [1.54, 1.807) is 6.07 Å². The molecule has 1 fully saturated rings. The van der Waals surface area contributed by atoms with E-state index in [2.05, 4.69) is 27.9 Å². The lowest BCUT2D eigenvalue weighted by atomic mass is 9.82. The molecule has 1 aromatic carbocycles. The Balaban J connectivity index is 1.96. The van der Waals surface area contributed by atoms with Crippen molar-refractivity contribution in [2.45, 2.75) is 19.4 Å². The first-order valence-electron chi connectivity index (χ1n) is 6.71. The van der Waals surface area contributed by atoms with Gasteiger partial charge < -0.3 is 9.64 Å². The zero-order valence-corrected chi connectivity index (χ0v) is 13.0. The Kier molecular flexibility index (Phi) is 5.37. The minimum atomic E-state index is -0.116. The molecule has 2 rings (SSSR count). The highest BCUT2D eigenvalue weighted by molar-refractivity contribution is 9.09. The summed E-state index contributed by atoms with van der Waals surface area (Å²) in [6, 6.07) is 7.01. The SMILES string of the molecule is CN(Cc1ccccc1F)CC1(CBr)CCOCC1. The highest BCUT2D eigenvalue weighted by atomic mass is 79.9. The lowest BCUT2D eigenvalue weighted by Gasteiger charge is -2.38. The van der Waals surface area contributed by atoms with Crippen molar-refractivity contribution in [3.63, 3.8) is 0 Å². The van der Waals surface area contributed by atoms with Crippen molar-refractivity contribution in [2.75, 3.05) is 32.1 Å². The number of hydrogen-bond acceptors (Lipinski definition) is 2. The maximum atomic E-state index is 13.6. The van der Waals surface area contributed by atoms with E-state index in [9.17, 15) is 4.39 Å². The summed E-state index contributed by atoms with van der Waals surface area (Å²) in [5.41, 5.74) is 1.03. The fourth-order valence-electron chi connectivity index (χ4n) is 2.68. The molecule has 0 unspecified atom stereocenters. The maximum Gasteiger partial charge on any atom is 0.127 e. The molecule has 1 aliphatic rings. The minimum absolute atomic E-state index is 0.116. The molecular weight excluding hydrogens is 309 g/mol. The van der Waals surface area contributed by atoms with E-state index in [0.717, 1.165) is 43.5 Å². The molecule has 0 atom stereocenters. The van der Waals surface area contributed by atoms with Crippen LogP contribution in [0.4, 0.5) is 4.39 Å². The first-order chi connectivity index (χ1) is 9.15. The normalized spacial score (nSPS) is 18.7. The number of ether oxygens (including phenoxy) is 1. The summed E-state index contributed by atoms with van der Waals surface area (Å²) in [6.45, 7) is 3.29. The molecule has 0 amide bonds. The van der Waals surface area contributed by atoms with Gasteiger partial charge in [0.25, 0.3) is 0 Å². The molecule has 19 heavy (non-hydrogen) atoms. The minimum Gasteiger partial charge on any atom is -0.381 e. The van der Waals surface area contributed by atoms with Crippen LogP contribution in [-0.2, 0) is 11.3 Å². The van der Waals surface area contributed by atoms with Crippen LogP contribution in [-0.4, -0.2) is 37.0 Å². The van der Waals surface area contributed by atoms with Gasteiger partial charge in [0.15, 0.2) is 0 Å². The second-order valence-electron chi connectivity index (χ2n) is 5.51. The first-order valence-corrected chi connectivity index (χ1v) is 7.83. The van der Waals surface area contributed by atoms with Gasteiger partial charge in [0, 0.05) is 37.2 Å². The van der Waals surface area contributed by atoms with E-state index in [0.29, 0.717) is 6.54 Å². The van der Waals surface area contributed by atoms with Crippen LogP contribution in [0.1, 0.15) is 18.4 Å². The molecule has 1 saturated heterocycles. The quantitative estimate of drug-likeness (QED) is 0.767. The average molecular weight is 330 g/mol. The van der Waals surface area contributed by atoms with Crippen molar-refractivity contribution >= 4 is 15.9 Å².